The third kappa shape index (κ3) is 10.3. The number of nitriles is 2. The molecule has 2 fully saturated rings. The molecule has 2 saturated heterocycles. The van der Waals surface area contributed by atoms with E-state index in [1.807, 2.05) is 27.7 Å². The van der Waals surface area contributed by atoms with E-state index in [1.54, 1.807) is 14.2 Å². The molecule has 20 nitrogen and oxygen atoms in total. The number of piperazine rings is 2. The van der Waals surface area contributed by atoms with E-state index in [-0.39, 0.29) is 144 Å². The minimum Gasteiger partial charge on any atom is -0.507 e. The Kier molecular flexibility index (Phi) is 18.5. The van der Waals surface area contributed by atoms with Gasteiger partial charge in [0.2, 0.25) is 13.6 Å². The molecule has 0 amide bonds. The van der Waals surface area contributed by atoms with Crippen LogP contribution in [0.25, 0.3) is 0 Å². The third-order valence-corrected chi connectivity index (χ3v) is 19.2. The average molecular weight is 1380 g/mol. The summed E-state index contributed by atoms with van der Waals surface area (Å²) in [5, 5.41) is 44.6. The van der Waals surface area contributed by atoms with Crippen LogP contribution in [0.5, 0.6) is 46.0 Å². The summed E-state index contributed by atoms with van der Waals surface area (Å²) in [5.74, 6) is 3.47. The molecule has 0 aromatic heterocycles. The van der Waals surface area contributed by atoms with Gasteiger partial charge >= 0.3 is 11.9 Å². The van der Waals surface area contributed by atoms with Crippen LogP contribution in [0.15, 0.2) is 12.1 Å². The molecule has 8 aliphatic heterocycles. The van der Waals surface area contributed by atoms with Crippen LogP contribution in [0.1, 0.15) is 142 Å². The topological polar surface area (TPSA) is 227 Å². The monoisotopic (exact) mass is 1380 g/mol. The van der Waals surface area contributed by atoms with Gasteiger partial charge in [0.05, 0.1) is 36.3 Å². The van der Waals surface area contributed by atoms with Crippen LogP contribution >= 0.6 is 0 Å². The van der Waals surface area contributed by atoms with Gasteiger partial charge in [0.1, 0.15) is 48.3 Å². The number of esters is 2. The molecule has 10 atom stereocenters. The van der Waals surface area contributed by atoms with Gasteiger partial charge in [0, 0.05) is 140 Å². The van der Waals surface area contributed by atoms with Gasteiger partial charge < -0.3 is 57.6 Å². The van der Waals surface area contributed by atoms with Gasteiger partial charge in [-0.05, 0) is 128 Å². The van der Waals surface area contributed by atoms with Gasteiger partial charge in [-0.15, -0.1) is 0 Å². The molecule has 21 heteroatoms. The number of hydrogen-bond donors (Lipinski definition) is 2. The number of aryl methyl sites for hydroxylation is 2. The Morgan fingerprint density at radius 2 is 0.953 bits per heavy atom. The summed E-state index contributed by atoms with van der Waals surface area (Å²) < 4.78 is 58.4. The number of likely N-dealkylation sites (N-methyl/N-ethyl adjacent to an activating group) is 2. The molecule has 8 heterocycles. The van der Waals surface area contributed by atoms with Crippen molar-refractivity contribution in [3.8, 4) is 58.1 Å². The van der Waals surface area contributed by atoms with Crippen LogP contribution in [0.4, 0.5) is 0 Å². The van der Waals surface area contributed by atoms with Crippen molar-refractivity contribution in [3.05, 3.63) is 90.0 Å². The summed E-state index contributed by atoms with van der Waals surface area (Å²) in [6.07, 6.45) is 4.23. The maximum Gasteiger partial charge on any atom is 0.305 e. The van der Waals surface area contributed by atoms with Crippen molar-refractivity contribution < 1.29 is 111 Å². The number of aromatic hydroxyl groups is 2. The largest absolute Gasteiger partial charge is 0.507 e. The molecular formula is C64H78AcN6O14. The molecule has 8 aliphatic rings. The Bertz CT molecular complexity index is 3160. The fourth-order valence-corrected chi connectivity index (χ4v) is 15.2. The Morgan fingerprint density at radius 3 is 1.31 bits per heavy atom. The maximum absolute atomic E-state index is 12.6. The molecule has 4 aromatic carbocycles. The average Bonchev–Trinajstić information content (AvgIpc) is 1.36. The first-order valence-electron chi connectivity index (χ1n) is 29.3. The number of fused-ring (bicyclic) bond motifs is 18. The van der Waals surface area contributed by atoms with E-state index in [4.69, 9.17) is 47.4 Å². The van der Waals surface area contributed by atoms with Crippen LogP contribution in [0.2, 0.25) is 0 Å². The summed E-state index contributed by atoms with van der Waals surface area (Å²) in [6, 6.07) is 6.68. The summed E-state index contributed by atoms with van der Waals surface area (Å²) in [7, 11) is 7.37. The van der Waals surface area contributed by atoms with E-state index < -0.39 is 24.2 Å². The second kappa shape index (κ2) is 25.2. The van der Waals surface area contributed by atoms with Crippen LogP contribution in [0, 0.1) is 108 Å². The van der Waals surface area contributed by atoms with Crippen LogP contribution < -0.4 is 28.4 Å². The van der Waals surface area contributed by atoms with Crippen molar-refractivity contribution in [1.82, 2.24) is 19.6 Å². The molecule has 451 valence electrons. The van der Waals surface area contributed by atoms with Crippen LogP contribution in [0.3, 0.4) is 0 Å². The van der Waals surface area contributed by atoms with Gasteiger partial charge in [-0.1, -0.05) is 26.0 Å². The van der Waals surface area contributed by atoms with Gasteiger partial charge in [0.25, 0.3) is 0 Å². The fourth-order valence-electron chi connectivity index (χ4n) is 15.2. The Labute approximate surface area is 533 Å². The van der Waals surface area contributed by atoms with E-state index >= 15 is 0 Å². The third-order valence-electron chi connectivity index (χ3n) is 19.2. The molecule has 4 bridgehead atoms. The molecule has 12 rings (SSSR count). The number of carbonyl (C=O) groups excluding carboxylic acids is 2. The zero-order valence-electron chi connectivity index (χ0n) is 50.9. The number of nitrogens with zero attached hydrogens (tertiary/aromatic N) is 6. The predicted octanol–water partition coefficient (Wildman–Crippen LogP) is 8.29. The Balaban J connectivity index is 0.000000187. The van der Waals surface area contributed by atoms with Crippen molar-refractivity contribution in [2.24, 2.45) is 0 Å². The van der Waals surface area contributed by atoms with Gasteiger partial charge in [-0.3, -0.25) is 29.2 Å². The molecule has 2 unspecified atom stereocenters. The van der Waals surface area contributed by atoms with Crippen molar-refractivity contribution >= 4 is 11.9 Å². The first-order valence-corrected chi connectivity index (χ1v) is 29.3. The molecular weight excluding hydrogens is 1300 g/mol. The first-order chi connectivity index (χ1) is 40.5. The summed E-state index contributed by atoms with van der Waals surface area (Å²) >= 11 is 0. The maximum atomic E-state index is 12.6. The number of methoxy groups -OCH3 is 2. The number of rotatable bonds is 14. The van der Waals surface area contributed by atoms with E-state index in [0.29, 0.717) is 85.5 Å². The number of phenolic OH excluding ortho intramolecular Hbond substituents is 2. The Morgan fingerprint density at radius 1 is 0.576 bits per heavy atom. The van der Waals surface area contributed by atoms with Gasteiger partial charge in [0.15, 0.2) is 36.6 Å². The first kappa shape index (κ1) is 62.5. The number of phenols is 2. The quantitative estimate of drug-likeness (QED) is 0.0894. The van der Waals surface area contributed by atoms with E-state index in [0.717, 1.165) is 67.1 Å². The summed E-state index contributed by atoms with van der Waals surface area (Å²) in [5.41, 5.74) is 13.1. The molecule has 0 saturated carbocycles. The minimum absolute atomic E-state index is 0. The zero-order valence-corrected chi connectivity index (χ0v) is 55.6. The SMILES string of the molecule is CCCC(=O)OC[C@H]1c2c(c(O)c(C)c3c2OCO3)CC2[C@H]3c4c(cc(C)c(C)c4OCOC)C[C@@H]([C@H](C#N)N21)N3C.CCCC(=O)OC[C@H]1c2c(c(O)c(C)c3c2OCO3)CC2[C@H]3c4c(cc(C)c(C)c4OCOC)C[C@@H]([C@H](C#N)N21)N3C.[Ac]. The van der Waals surface area contributed by atoms with Crippen molar-refractivity contribution in [2.45, 2.75) is 167 Å². The van der Waals surface area contributed by atoms with Crippen molar-refractivity contribution in [3.63, 3.8) is 0 Å². The van der Waals surface area contributed by atoms with E-state index in [9.17, 15) is 30.3 Å². The van der Waals surface area contributed by atoms with E-state index in [1.165, 1.54) is 11.1 Å². The molecule has 1 radical (unpaired) electrons. The van der Waals surface area contributed by atoms with Crippen LogP contribution in [-0.4, -0.2) is 147 Å². The normalized spacial score (nSPS) is 25.4. The van der Waals surface area contributed by atoms with Gasteiger partial charge in [-0.25, -0.2) is 0 Å². The molecule has 2 N–H and O–H groups in total. The van der Waals surface area contributed by atoms with Crippen molar-refractivity contribution in [1.29, 1.82) is 10.5 Å². The molecule has 0 aliphatic carbocycles. The number of benzene rings is 4. The number of ether oxygens (including phenoxy) is 10. The zero-order chi connectivity index (χ0) is 59.7. The summed E-state index contributed by atoms with van der Waals surface area (Å²) in [4.78, 5) is 34.3. The second-order valence-electron chi connectivity index (χ2n) is 23.7. The number of carbonyl (C=O) groups is 2. The van der Waals surface area contributed by atoms with Crippen molar-refractivity contribution in [2.75, 3.05) is 68.7 Å². The fraction of sp³-hybridized carbons (Fsp3) is 0.562. The second-order valence-corrected chi connectivity index (χ2v) is 23.7. The predicted molar refractivity (Wildman–Crippen MR) is 305 cm³/mol. The molecule has 85 heavy (non-hydrogen) atoms. The molecule has 0 spiro atoms. The molecule has 4 aromatic rings. The van der Waals surface area contributed by atoms with Gasteiger partial charge in [-0.2, -0.15) is 10.5 Å². The standard InChI is InChI=1S/2C32H39N3O7.Ac/c2*1-7-8-25(36)39-13-24-27-20(29(37)18(4)31-32(27)42-15-41-31)11-22-28-26-19(9-16(2)17(3)30(26)40-14-38-6)10-21(34(28)5)23(12-33)35(22)24;/h2*9,21-24,28,37H,7-8,10-11,13-15H2,1-6H3;/t2*21-,22?,23-,24-,28-;/m00./s1. The summed E-state index contributed by atoms with van der Waals surface area (Å²) in [6.45, 7) is 16.2. The van der Waals surface area contributed by atoms with E-state index in [2.05, 4.69) is 85.7 Å². The smallest absolute Gasteiger partial charge is 0.305 e. The Hall–Kier alpha value is -5.60. The van der Waals surface area contributed by atoms with Crippen LogP contribution in [-0.2, 0) is 54.2 Å². The number of hydrogen-bond acceptors (Lipinski definition) is 20. The minimum atomic E-state index is -0.513.